The molecule has 3 heteroatoms. The van der Waals surface area contributed by atoms with E-state index in [1.54, 1.807) is 0 Å². The Balaban J connectivity index is 2.00. The summed E-state index contributed by atoms with van der Waals surface area (Å²) in [4.78, 5) is 14.2. The molecule has 80 valence electrons. The van der Waals surface area contributed by atoms with Gasteiger partial charge in [-0.3, -0.25) is 4.79 Å². The SMILES string of the molecule is CC1(C(=O)N2CC[C@@H](N)C2)CCCC1. The summed E-state index contributed by atoms with van der Waals surface area (Å²) in [6.07, 6.45) is 5.53. The third kappa shape index (κ3) is 1.65. The van der Waals surface area contributed by atoms with E-state index in [9.17, 15) is 4.79 Å². The number of carbonyl (C=O) groups is 1. The van der Waals surface area contributed by atoms with Crippen LogP contribution in [0.5, 0.6) is 0 Å². The number of hydrogen-bond acceptors (Lipinski definition) is 2. The van der Waals surface area contributed by atoms with Gasteiger partial charge in [0.15, 0.2) is 0 Å². The topological polar surface area (TPSA) is 46.3 Å². The van der Waals surface area contributed by atoms with Gasteiger partial charge in [-0.05, 0) is 19.3 Å². The van der Waals surface area contributed by atoms with E-state index in [1.165, 1.54) is 12.8 Å². The molecular weight excluding hydrogens is 176 g/mol. The van der Waals surface area contributed by atoms with Gasteiger partial charge in [0.2, 0.25) is 5.91 Å². The fourth-order valence-corrected chi connectivity index (χ4v) is 2.72. The molecule has 1 atom stereocenters. The standard InChI is InChI=1S/C11H20N2O/c1-11(5-2-3-6-11)10(14)13-7-4-9(12)8-13/h9H,2-8,12H2,1H3/t9-/m1/s1. The average Bonchev–Trinajstić information content (AvgIpc) is 2.74. The average molecular weight is 196 g/mol. The molecular formula is C11H20N2O. The number of rotatable bonds is 1. The Bertz CT molecular complexity index is 233. The quantitative estimate of drug-likeness (QED) is 0.683. The van der Waals surface area contributed by atoms with Crippen molar-refractivity contribution >= 4 is 5.91 Å². The number of nitrogens with two attached hydrogens (primary N) is 1. The van der Waals surface area contributed by atoms with E-state index in [1.807, 2.05) is 4.90 Å². The molecule has 0 aromatic rings. The van der Waals surface area contributed by atoms with Gasteiger partial charge >= 0.3 is 0 Å². The van der Waals surface area contributed by atoms with Gasteiger partial charge in [-0.1, -0.05) is 19.8 Å². The lowest BCUT2D eigenvalue weighted by Gasteiger charge is -2.28. The van der Waals surface area contributed by atoms with Crippen molar-refractivity contribution < 1.29 is 4.79 Å². The van der Waals surface area contributed by atoms with Crippen LogP contribution in [0.25, 0.3) is 0 Å². The van der Waals surface area contributed by atoms with Crippen molar-refractivity contribution in [2.45, 2.75) is 45.1 Å². The van der Waals surface area contributed by atoms with E-state index in [4.69, 9.17) is 5.73 Å². The number of likely N-dealkylation sites (tertiary alicyclic amines) is 1. The number of carbonyl (C=O) groups excluding carboxylic acids is 1. The van der Waals surface area contributed by atoms with Crippen LogP contribution in [-0.4, -0.2) is 29.9 Å². The third-order valence-corrected chi connectivity index (χ3v) is 3.74. The third-order valence-electron chi connectivity index (χ3n) is 3.74. The molecule has 0 spiro atoms. The molecule has 1 amide bonds. The molecule has 1 saturated carbocycles. The van der Waals surface area contributed by atoms with E-state index < -0.39 is 0 Å². The zero-order valence-electron chi connectivity index (χ0n) is 8.96. The van der Waals surface area contributed by atoms with E-state index in [0.29, 0.717) is 5.91 Å². The maximum atomic E-state index is 12.2. The van der Waals surface area contributed by atoms with Crippen LogP contribution in [0.1, 0.15) is 39.0 Å². The van der Waals surface area contributed by atoms with Crippen LogP contribution in [0.4, 0.5) is 0 Å². The van der Waals surface area contributed by atoms with Crippen molar-refractivity contribution in [1.82, 2.24) is 4.90 Å². The molecule has 2 fully saturated rings. The van der Waals surface area contributed by atoms with E-state index in [2.05, 4.69) is 6.92 Å². The molecule has 2 aliphatic rings. The van der Waals surface area contributed by atoms with Crippen LogP contribution < -0.4 is 5.73 Å². The fourth-order valence-electron chi connectivity index (χ4n) is 2.72. The molecule has 1 saturated heterocycles. The van der Waals surface area contributed by atoms with Gasteiger partial charge in [-0.2, -0.15) is 0 Å². The van der Waals surface area contributed by atoms with Gasteiger partial charge in [-0.15, -0.1) is 0 Å². The maximum absolute atomic E-state index is 12.2. The summed E-state index contributed by atoms with van der Waals surface area (Å²) in [5.41, 5.74) is 5.75. The molecule has 1 heterocycles. The second kappa shape index (κ2) is 3.54. The largest absolute Gasteiger partial charge is 0.341 e. The van der Waals surface area contributed by atoms with Crippen molar-refractivity contribution in [3.8, 4) is 0 Å². The monoisotopic (exact) mass is 196 g/mol. The highest BCUT2D eigenvalue weighted by molar-refractivity contribution is 5.82. The molecule has 0 bridgehead atoms. The first-order chi connectivity index (χ1) is 6.62. The molecule has 3 nitrogen and oxygen atoms in total. The van der Waals surface area contributed by atoms with Crippen molar-refractivity contribution in [3.63, 3.8) is 0 Å². The molecule has 0 unspecified atom stereocenters. The molecule has 1 aliphatic heterocycles. The second-order valence-electron chi connectivity index (χ2n) is 5.07. The predicted molar refractivity (Wildman–Crippen MR) is 55.7 cm³/mol. The zero-order chi connectivity index (χ0) is 10.2. The summed E-state index contributed by atoms with van der Waals surface area (Å²) >= 11 is 0. The van der Waals surface area contributed by atoms with Crippen LogP contribution in [0.3, 0.4) is 0 Å². The first-order valence-electron chi connectivity index (χ1n) is 5.67. The predicted octanol–water partition coefficient (Wildman–Crippen LogP) is 1.13. The summed E-state index contributed by atoms with van der Waals surface area (Å²) < 4.78 is 0. The van der Waals surface area contributed by atoms with Gasteiger partial charge in [0.05, 0.1) is 0 Å². The Kier molecular flexibility index (Phi) is 2.52. The Hall–Kier alpha value is -0.570. The second-order valence-corrected chi connectivity index (χ2v) is 5.07. The van der Waals surface area contributed by atoms with Crippen LogP contribution in [-0.2, 0) is 4.79 Å². The van der Waals surface area contributed by atoms with Gasteiger partial charge in [0.25, 0.3) is 0 Å². The van der Waals surface area contributed by atoms with Gasteiger partial charge in [0.1, 0.15) is 0 Å². The lowest BCUT2D eigenvalue weighted by Crippen LogP contribution is -2.40. The van der Waals surface area contributed by atoms with Gasteiger partial charge in [-0.25, -0.2) is 0 Å². The smallest absolute Gasteiger partial charge is 0.228 e. The molecule has 2 N–H and O–H groups in total. The van der Waals surface area contributed by atoms with Crippen LogP contribution in [0, 0.1) is 5.41 Å². The molecule has 0 aromatic heterocycles. The van der Waals surface area contributed by atoms with E-state index in [0.717, 1.165) is 32.4 Å². The summed E-state index contributed by atoms with van der Waals surface area (Å²) in [5, 5.41) is 0. The highest BCUT2D eigenvalue weighted by Crippen LogP contribution is 2.39. The summed E-state index contributed by atoms with van der Waals surface area (Å²) in [5.74, 6) is 0.350. The lowest BCUT2D eigenvalue weighted by atomic mass is 9.87. The molecule has 0 aromatic carbocycles. The fraction of sp³-hybridized carbons (Fsp3) is 0.909. The van der Waals surface area contributed by atoms with Gasteiger partial charge in [0, 0.05) is 24.5 Å². The molecule has 14 heavy (non-hydrogen) atoms. The van der Waals surface area contributed by atoms with Crippen molar-refractivity contribution in [2.24, 2.45) is 11.1 Å². The van der Waals surface area contributed by atoms with Crippen LogP contribution in [0.2, 0.25) is 0 Å². The zero-order valence-corrected chi connectivity index (χ0v) is 8.96. The van der Waals surface area contributed by atoms with Crippen molar-refractivity contribution in [2.75, 3.05) is 13.1 Å². The molecule has 1 aliphatic carbocycles. The maximum Gasteiger partial charge on any atom is 0.228 e. The van der Waals surface area contributed by atoms with Crippen molar-refractivity contribution in [3.05, 3.63) is 0 Å². The minimum absolute atomic E-state index is 0.0654. The number of amides is 1. The number of nitrogens with zero attached hydrogens (tertiary/aromatic N) is 1. The normalized spacial score (nSPS) is 31.0. The minimum Gasteiger partial charge on any atom is -0.341 e. The Morgan fingerprint density at radius 2 is 2.07 bits per heavy atom. The Labute approximate surface area is 85.6 Å². The molecule has 0 radical (unpaired) electrons. The molecule has 2 rings (SSSR count). The highest BCUT2D eigenvalue weighted by atomic mass is 16.2. The van der Waals surface area contributed by atoms with Crippen LogP contribution >= 0.6 is 0 Å². The Morgan fingerprint density at radius 1 is 1.43 bits per heavy atom. The van der Waals surface area contributed by atoms with Crippen LogP contribution in [0.15, 0.2) is 0 Å². The lowest BCUT2D eigenvalue weighted by molar-refractivity contribution is -0.139. The first-order valence-corrected chi connectivity index (χ1v) is 5.67. The highest BCUT2D eigenvalue weighted by Gasteiger charge is 2.40. The summed E-state index contributed by atoms with van der Waals surface area (Å²) in [6, 6.07) is 0.212. The Morgan fingerprint density at radius 3 is 2.57 bits per heavy atom. The summed E-state index contributed by atoms with van der Waals surface area (Å²) in [6.45, 7) is 3.76. The van der Waals surface area contributed by atoms with Crippen molar-refractivity contribution in [1.29, 1.82) is 0 Å². The first kappa shape index (κ1) is 9.97. The van der Waals surface area contributed by atoms with Gasteiger partial charge < -0.3 is 10.6 Å². The van der Waals surface area contributed by atoms with E-state index >= 15 is 0 Å². The minimum atomic E-state index is -0.0654. The summed E-state index contributed by atoms with van der Waals surface area (Å²) in [7, 11) is 0. The number of hydrogen-bond donors (Lipinski definition) is 1. The van der Waals surface area contributed by atoms with E-state index in [-0.39, 0.29) is 11.5 Å².